The molecule has 0 atom stereocenters. The van der Waals surface area contributed by atoms with Crippen LogP contribution in [0.2, 0.25) is 0 Å². The van der Waals surface area contributed by atoms with Gasteiger partial charge in [0.1, 0.15) is 17.0 Å². The smallest absolute Gasteiger partial charge is 0.143 e. The Morgan fingerprint density at radius 1 is 1.20 bits per heavy atom. The van der Waals surface area contributed by atoms with E-state index < -0.39 is 0 Å². The van der Waals surface area contributed by atoms with Gasteiger partial charge in [0.25, 0.3) is 0 Å². The van der Waals surface area contributed by atoms with E-state index in [9.17, 15) is 0 Å². The largest absolute Gasteiger partial charge is 0.490 e. The van der Waals surface area contributed by atoms with Gasteiger partial charge in [0, 0.05) is 6.07 Å². The number of ether oxygens (including phenoxy) is 2. The predicted octanol–water partition coefficient (Wildman–Crippen LogP) is 3.74. The van der Waals surface area contributed by atoms with Crippen molar-refractivity contribution in [3.63, 3.8) is 0 Å². The Labute approximate surface area is 98.7 Å². The minimum Gasteiger partial charge on any atom is -0.490 e. The van der Waals surface area contributed by atoms with Crippen LogP contribution in [0, 0.1) is 0 Å². The van der Waals surface area contributed by atoms with Gasteiger partial charge in [-0.15, -0.1) is 0 Å². The quantitative estimate of drug-likeness (QED) is 0.777. The fourth-order valence-corrected chi connectivity index (χ4v) is 2.16. The van der Waals surface area contributed by atoms with Crippen LogP contribution in [0.15, 0.2) is 24.3 Å². The van der Waals surface area contributed by atoms with Crippen molar-refractivity contribution in [1.82, 2.24) is 0 Å². The summed E-state index contributed by atoms with van der Waals surface area (Å²) < 4.78 is 11.2. The third-order valence-electron chi connectivity index (χ3n) is 2.63. The normalized spacial score (nSPS) is 16.6. The Kier molecular flexibility index (Phi) is 3.89. The molecular weight excluding hydrogens is 256 g/mol. The minimum atomic E-state index is 0.407. The van der Waals surface area contributed by atoms with Crippen molar-refractivity contribution in [3.05, 3.63) is 24.3 Å². The maximum Gasteiger partial charge on any atom is 0.143 e. The van der Waals surface area contributed by atoms with Crippen molar-refractivity contribution < 1.29 is 9.47 Å². The summed E-state index contributed by atoms with van der Waals surface area (Å²) in [5.74, 6) is 1.77. The summed E-state index contributed by atoms with van der Waals surface area (Å²) in [6, 6.07) is 7.82. The van der Waals surface area contributed by atoms with Crippen LogP contribution in [0.4, 0.5) is 0 Å². The lowest BCUT2D eigenvalue weighted by molar-refractivity contribution is 0.209. The van der Waals surface area contributed by atoms with E-state index in [-0.39, 0.29) is 0 Å². The fraction of sp³-hybridized carbons (Fsp3) is 0.500. The maximum atomic E-state index is 5.87. The topological polar surface area (TPSA) is 18.5 Å². The van der Waals surface area contributed by atoms with E-state index in [0.717, 1.165) is 11.5 Å². The monoisotopic (exact) mass is 270 g/mol. The van der Waals surface area contributed by atoms with E-state index >= 15 is 0 Å². The average molecular weight is 271 g/mol. The summed E-state index contributed by atoms with van der Waals surface area (Å²) >= 11 is 3.24. The second kappa shape index (κ2) is 5.40. The van der Waals surface area contributed by atoms with Crippen LogP contribution in [0.5, 0.6) is 11.5 Å². The molecule has 2 rings (SSSR count). The van der Waals surface area contributed by atoms with Crippen LogP contribution in [0.1, 0.15) is 25.7 Å². The highest BCUT2D eigenvalue weighted by Crippen LogP contribution is 2.26. The molecule has 3 heteroatoms. The van der Waals surface area contributed by atoms with Crippen molar-refractivity contribution >= 4 is 15.9 Å². The molecular formula is C12H15BrO2. The second-order valence-corrected chi connectivity index (χ2v) is 4.21. The van der Waals surface area contributed by atoms with E-state index in [2.05, 4.69) is 15.9 Å². The first kappa shape index (κ1) is 10.8. The molecule has 0 aromatic heterocycles. The standard InChI is InChI=1S/C12H15BrO2/c13-9-14-11-6-3-7-12(8-11)15-10-4-1-2-5-10/h3,6-8,10H,1-2,4-5,9H2. The molecule has 82 valence electrons. The van der Waals surface area contributed by atoms with Crippen LogP contribution in [0.3, 0.4) is 0 Å². The summed E-state index contributed by atoms with van der Waals surface area (Å²) in [5.41, 5.74) is 0.514. The van der Waals surface area contributed by atoms with Gasteiger partial charge < -0.3 is 9.47 Å². The molecule has 1 aromatic rings. The van der Waals surface area contributed by atoms with Crippen molar-refractivity contribution in [2.75, 3.05) is 5.52 Å². The van der Waals surface area contributed by atoms with Gasteiger partial charge in [0.15, 0.2) is 0 Å². The van der Waals surface area contributed by atoms with Crippen molar-refractivity contribution in [2.45, 2.75) is 31.8 Å². The number of hydrogen-bond acceptors (Lipinski definition) is 2. The Bertz CT molecular complexity index is 308. The lowest BCUT2D eigenvalue weighted by Gasteiger charge is -2.13. The molecule has 2 nitrogen and oxygen atoms in total. The number of rotatable bonds is 4. The van der Waals surface area contributed by atoms with Gasteiger partial charge in [-0.1, -0.05) is 6.07 Å². The van der Waals surface area contributed by atoms with E-state index in [4.69, 9.17) is 9.47 Å². The number of hydrogen-bond donors (Lipinski definition) is 0. The molecule has 0 saturated heterocycles. The molecule has 0 aliphatic heterocycles. The summed E-state index contributed by atoms with van der Waals surface area (Å²) in [4.78, 5) is 0. The zero-order chi connectivity index (χ0) is 10.5. The predicted molar refractivity (Wildman–Crippen MR) is 63.7 cm³/mol. The molecule has 0 unspecified atom stereocenters. The molecule has 1 aromatic carbocycles. The van der Waals surface area contributed by atoms with Crippen LogP contribution in [-0.2, 0) is 0 Å². The van der Waals surface area contributed by atoms with E-state index in [1.165, 1.54) is 25.7 Å². The molecule has 1 saturated carbocycles. The first-order valence-electron chi connectivity index (χ1n) is 5.34. The molecule has 1 fully saturated rings. The van der Waals surface area contributed by atoms with Gasteiger partial charge in [0.2, 0.25) is 0 Å². The van der Waals surface area contributed by atoms with Gasteiger partial charge in [-0.25, -0.2) is 0 Å². The molecule has 1 aliphatic rings. The molecule has 0 N–H and O–H groups in total. The number of benzene rings is 1. The lowest BCUT2D eigenvalue weighted by Crippen LogP contribution is -2.10. The van der Waals surface area contributed by atoms with Gasteiger partial charge in [-0.2, -0.15) is 0 Å². The van der Waals surface area contributed by atoms with Gasteiger partial charge in [0.05, 0.1) is 6.10 Å². The second-order valence-electron chi connectivity index (χ2n) is 3.75. The zero-order valence-electron chi connectivity index (χ0n) is 8.62. The molecule has 15 heavy (non-hydrogen) atoms. The van der Waals surface area contributed by atoms with Crippen molar-refractivity contribution in [2.24, 2.45) is 0 Å². The molecule has 0 amide bonds. The van der Waals surface area contributed by atoms with Gasteiger partial charge in [-0.3, -0.25) is 0 Å². The van der Waals surface area contributed by atoms with E-state index in [0.29, 0.717) is 11.6 Å². The van der Waals surface area contributed by atoms with Crippen LogP contribution in [0.25, 0.3) is 0 Å². The van der Waals surface area contributed by atoms with Crippen LogP contribution in [-0.4, -0.2) is 11.6 Å². The third kappa shape index (κ3) is 3.13. The first-order valence-corrected chi connectivity index (χ1v) is 6.46. The van der Waals surface area contributed by atoms with Gasteiger partial charge in [-0.05, 0) is 53.7 Å². The number of halogens is 1. The molecule has 0 radical (unpaired) electrons. The summed E-state index contributed by atoms with van der Waals surface area (Å²) in [5, 5.41) is 0. The Hall–Kier alpha value is -0.700. The average Bonchev–Trinajstić information content (AvgIpc) is 2.71. The van der Waals surface area contributed by atoms with Gasteiger partial charge >= 0.3 is 0 Å². The van der Waals surface area contributed by atoms with Crippen molar-refractivity contribution in [1.29, 1.82) is 0 Å². The molecule has 0 spiro atoms. The highest BCUT2D eigenvalue weighted by Gasteiger charge is 2.16. The lowest BCUT2D eigenvalue weighted by atomic mass is 10.3. The molecule has 0 heterocycles. The summed E-state index contributed by atoms with van der Waals surface area (Å²) in [6.07, 6.45) is 5.36. The van der Waals surface area contributed by atoms with E-state index in [1.54, 1.807) is 0 Å². The number of alkyl halides is 1. The van der Waals surface area contributed by atoms with E-state index in [1.807, 2.05) is 24.3 Å². The molecule has 1 aliphatic carbocycles. The molecule has 0 bridgehead atoms. The minimum absolute atomic E-state index is 0.407. The van der Waals surface area contributed by atoms with Crippen LogP contribution >= 0.6 is 15.9 Å². The summed E-state index contributed by atoms with van der Waals surface area (Å²) in [7, 11) is 0. The highest BCUT2D eigenvalue weighted by atomic mass is 79.9. The Morgan fingerprint density at radius 3 is 2.67 bits per heavy atom. The van der Waals surface area contributed by atoms with Crippen LogP contribution < -0.4 is 9.47 Å². The third-order valence-corrected chi connectivity index (χ3v) is 2.86. The highest BCUT2D eigenvalue weighted by molar-refractivity contribution is 9.09. The van der Waals surface area contributed by atoms with Crippen molar-refractivity contribution in [3.8, 4) is 11.5 Å². The SMILES string of the molecule is BrCOc1cccc(OC2CCCC2)c1. The fourth-order valence-electron chi connectivity index (χ4n) is 1.90. The zero-order valence-corrected chi connectivity index (χ0v) is 10.2. The maximum absolute atomic E-state index is 5.87. The summed E-state index contributed by atoms with van der Waals surface area (Å²) in [6.45, 7) is 0. The Morgan fingerprint density at radius 2 is 1.93 bits per heavy atom. The Balaban J connectivity index is 1.97. The first-order chi connectivity index (χ1) is 7.38.